The summed E-state index contributed by atoms with van der Waals surface area (Å²) in [6.45, 7) is 4.57. The van der Waals surface area contributed by atoms with Crippen molar-refractivity contribution in [2.75, 3.05) is 0 Å². The molecule has 1 heterocycles. The van der Waals surface area contributed by atoms with E-state index in [2.05, 4.69) is 17.3 Å². The van der Waals surface area contributed by atoms with Crippen molar-refractivity contribution in [3.8, 4) is 0 Å². The minimum absolute atomic E-state index is 0.00393. The topological polar surface area (TPSA) is 46.9 Å². The second-order valence-electron chi connectivity index (χ2n) is 6.35. The Morgan fingerprint density at radius 2 is 2.18 bits per heavy atom. The lowest BCUT2D eigenvalue weighted by Gasteiger charge is -2.15. The van der Waals surface area contributed by atoms with E-state index >= 15 is 0 Å². The van der Waals surface area contributed by atoms with Gasteiger partial charge in [0.1, 0.15) is 6.54 Å². The average Bonchev–Trinajstić information content (AvgIpc) is 2.89. The molecule has 0 saturated carbocycles. The summed E-state index contributed by atoms with van der Waals surface area (Å²) in [6.07, 6.45) is 5.35. The Morgan fingerprint density at radius 3 is 2.95 bits per heavy atom. The van der Waals surface area contributed by atoms with Crippen molar-refractivity contribution in [3.63, 3.8) is 0 Å². The third kappa shape index (κ3) is 3.38. The first kappa shape index (κ1) is 14.8. The molecule has 1 aliphatic carbocycles. The predicted octanol–water partition coefficient (Wildman–Crippen LogP) is 2.89. The maximum atomic E-state index is 12.2. The van der Waals surface area contributed by atoms with Gasteiger partial charge in [-0.15, -0.1) is 0 Å². The normalized spacial score (nSPS) is 18.5. The van der Waals surface area contributed by atoms with Gasteiger partial charge in [0, 0.05) is 6.20 Å². The molecule has 0 radical (unpaired) electrons. The van der Waals surface area contributed by atoms with E-state index in [1.54, 1.807) is 4.68 Å². The van der Waals surface area contributed by atoms with Gasteiger partial charge in [-0.05, 0) is 43.2 Å². The van der Waals surface area contributed by atoms with Crippen LogP contribution in [0.3, 0.4) is 0 Å². The number of benzene rings is 1. The van der Waals surface area contributed by atoms with Crippen molar-refractivity contribution in [2.45, 2.75) is 45.7 Å². The second kappa shape index (κ2) is 6.34. The standard InChI is InChI=1S/C18H23N3O/c1-13-8-9-17-16(10-13)11-21(20-17)12-18(22)19-14(2)15-6-4-3-5-7-15/h3-7,11,13-14H,8-10,12H2,1-2H3,(H,19,22). The van der Waals surface area contributed by atoms with E-state index in [9.17, 15) is 4.79 Å². The molecule has 4 heteroatoms. The molecule has 0 saturated heterocycles. The molecule has 0 spiro atoms. The van der Waals surface area contributed by atoms with Crippen molar-refractivity contribution in [1.29, 1.82) is 0 Å². The monoisotopic (exact) mass is 297 g/mol. The van der Waals surface area contributed by atoms with E-state index in [1.807, 2.05) is 43.5 Å². The molecule has 1 aromatic heterocycles. The lowest BCUT2D eigenvalue weighted by Crippen LogP contribution is -2.30. The van der Waals surface area contributed by atoms with Crippen molar-refractivity contribution in [2.24, 2.45) is 5.92 Å². The maximum Gasteiger partial charge on any atom is 0.242 e. The summed E-state index contributed by atoms with van der Waals surface area (Å²) in [4.78, 5) is 12.2. The van der Waals surface area contributed by atoms with E-state index in [-0.39, 0.29) is 11.9 Å². The molecule has 0 fully saturated rings. The summed E-state index contributed by atoms with van der Waals surface area (Å²) >= 11 is 0. The van der Waals surface area contributed by atoms with Gasteiger partial charge in [0.05, 0.1) is 11.7 Å². The van der Waals surface area contributed by atoms with Crippen molar-refractivity contribution in [3.05, 3.63) is 53.3 Å². The van der Waals surface area contributed by atoms with Gasteiger partial charge in [0.2, 0.25) is 5.91 Å². The molecule has 4 nitrogen and oxygen atoms in total. The van der Waals surface area contributed by atoms with Crippen LogP contribution in [0.5, 0.6) is 0 Å². The predicted molar refractivity (Wildman–Crippen MR) is 86.4 cm³/mol. The molecule has 0 aliphatic heterocycles. The Hall–Kier alpha value is -2.10. The van der Waals surface area contributed by atoms with E-state index in [4.69, 9.17) is 0 Å². The zero-order valence-electron chi connectivity index (χ0n) is 13.2. The Kier molecular flexibility index (Phi) is 4.27. The molecule has 116 valence electrons. The summed E-state index contributed by atoms with van der Waals surface area (Å²) in [7, 11) is 0. The smallest absolute Gasteiger partial charge is 0.242 e. The van der Waals surface area contributed by atoms with Gasteiger partial charge in [0.15, 0.2) is 0 Å². The number of aromatic nitrogens is 2. The molecule has 2 unspecified atom stereocenters. The second-order valence-corrected chi connectivity index (χ2v) is 6.35. The third-order valence-electron chi connectivity index (χ3n) is 4.35. The van der Waals surface area contributed by atoms with E-state index < -0.39 is 0 Å². The van der Waals surface area contributed by atoms with Gasteiger partial charge in [-0.1, -0.05) is 37.3 Å². The highest BCUT2D eigenvalue weighted by Crippen LogP contribution is 2.23. The SMILES string of the molecule is CC1CCc2nn(CC(=O)NC(C)c3ccccc3)cc2C1. The third-order valence-corrected chi connectivity index (χ3v) is 4.35. The first-order valence-electron chi connectivity index (χ1n) is 8.01. The van der Waals surface area contributed by atoms with Crippen LogP contribution in [-0.2, 0) is 24.2 Å². The number of nitrogens with one attached hydrogen (secondary N) is 1. The fourth-order valence-corrected chi connectivity index (χ4v) is 3.08. The van der Waals surface area contributed by atoms with Gasteiger partial charge < -0.3 is 5.32 Å². The van der Waals surface area contributed by atoms with Gasteiger partial charge in [0.25, 0.3) is 0 Å². The van der Waals surface area contributed by atoms with Gasteiger partial charge >= 0.3 is 0 Å². The van der Waals surface area contributed by atoms with Crippen LogP contribution in [0.4, 0.5) is 0 Å². The lowest BCUT2D eigenvalue weighted by molar-refractivity contribution is -0.122. The first-order chi connectivity index (χ1) is 10.6. The highest BCUT2D eigenvalue weighted by Gasteiger charge is 2.19. The Bertz CT molecular complexity index is 648. The minimum atomic E-state index is 0.00393. The first-order valence-corrected chi connectivity index (χ1v) is 8.01. The molecule has 3 rings (SSSR count). The van der Waals surface area contributed by atoms with Crippen LogP contribution in [0.25, 0.3) is 0 Å². The van der Waals surface area contributed by atoms with Crippen LogP contribution in [0, 0.1) is 5.92 Å². The number of carbonyl (C=O) groups excluding carboxylic acids is 1. The van der Waals surface area contributed by atoms with E-state index in [0.29, 0.717) is 6.54 Å². The summed E-state index contributed by atoms with van der Waals surface area (Å²) < 4.78 is 1.79. The Morgan fingerprint density at radius 1 is 1.41 bits per heavy atom. The highest BCUT2D eigenvalue weighted by molar-refractivity contribution is 5.76. The van der Waals surface area contributed by atoms with Crippen LogP contribution >= 0.6 is 0 Å². The maximum absolute atomic E-state index is 12.2. The van der Waals surface area contributed by atoms with E-state index in [1.165, 1.54) is 17.7 Å². The molecular weight excluding hydrogens is 274 g/mol. The van der Waals surface area contributed by atoms with Crippen molar-refractivity contribution in [1.82, 2.24) is 15.1 Å². The molecular formula is C18H23N3O. The zero-order valence-corrected chi connectivity index (χ0v) is 13.2. The number of aryl methyl sites for hydroxylation is 1. The van der Waals surface area contributed by atoms with Crippen LogP contribution < -0.4 is 5.32 Å². The molecule has 22 heavy (non-hydrogen) atoms. The molecule has 1 aliphatic rings. The molecule has 1 N–H and O–H groups in total. The molecule has 1 amide bonds. The summed E-state index contributed by atoms with van der Waals surface area (Å²) in [5, 5.41) is 7.60. The molecule has 1 aromatic carbocycles. The summed E-state index contributed by atoms with van der Waals surface area (Å²) in [5.41, 5.74) is 3.59. The Labute approximate surface area is 131 Å². The average molecular weight is 297 g/mol. The van der Waals surface area contributed by atoms with Crippen LogP contribution in [0.1, 0.15) is 43.1 Å². The fourth-order valence-electron chi connectivity index (χ4n) is 3.08. The number of amides is 1. The zero-order chi connectivity index (χ0) is 15.5. The Balaban J connectivity index is 1.60. The quantitative estimate of drug-likeness (QED) is 0.943. The number of carbonyl (C=O) groups is 1. The van der Waals surface area contributed by atoms with Crippen molar-refractivity contribution >= 4 is 5.91 Å². The summed E-state index contributed by atoms with van der Waals surface area (Å²) in [6, 6.07) is 10.0. The number of hydrogen-bond donors (Lipinski definition) is 1. The largest absolute Gasteiger partial charge is 0.348 e. The van der Waals surface area contributed by atoms with Crippen molar-refractivity contribution < 1.29 is 4.79 Å². The molecule has 0 bridgehead atoms. The van der Waals surface area contributed by atoms with Crippen LogP contribution in [0.15, 0.2) is 36.5 Å². The number of fused-ring (bicyclic) bond motifs is 1. The minimum Gasteiger partial charge on any atom is -0.348 e. The van der Waals surface area contributed by atoms with Gasteiger partial charge in [-0.2, -0.15) is 5.10 Å². The van der Waals surface area contributed by atoms with Crippen LogP contribution in [0.2, 0.25) is 0 Å². The summed E-state index contributed by atoms with van der Waals surface area (Å²) in [5.74, 6) is 0.723. The fraction of sp³-hybridized carbons (Fsp3) is 0.444. The van der Waals surface area contributed by atoms with Gasteiger partial charge in [-0.25, -0.2) is 0 Å². The number of nitrogens with zero attached hydrogens (tertiary/aromatic N) is 2. The number of hydrogen-bond acceptors (Lipinski definition) is 2. The lowest BCUT2D eigenvalue weighted by atomic mass is 9.89. The van der Waals surface area contributed by atoms with E-state index in [0.717, 1.165) is 24.3 Å². The highest BCUT2D eigenvalue weighted by atomic mass is 16.2. The van der Waals surface area contributed by atoms with Gasteiger partial charge in [-0.3, -0.25) is 9.48 Å². The molecule has 2 aromatic rings. The molecule has 2 atom stereocenters. The van der Waals surface area contributed by atoms with Crippen LogP contribution in [-0.4, -0.2) is 15.7 Å². The number of rotatable bonds is 4.